The van der Waals surface area contributed by atoms with Gasteiger partial charge in [-0.05, 0) is 18.2 Å². The molecule has 2 N–H and O–H groups in total. The fraction of sp³-hybridized carbons (Fsp3) is 0.261. The van der Waals surface area contributed by atoms with E-state index in [-0.39, 0.29) is 0 Å². The smallest absolute Gasteiger partial charge is 0.228 e. The molecule has 1 saturated heterocycles. The zero-order valence-electron chi connectivity index (χ0n) is 18.0. The molecule has 164 valence electrons. The second kappa shape index (κ2) is 8.20. The summed E-state index contributed by atoms with van der Waals surface area (Å²) in [4.78, 5) is 14.2. The van der Waals surface area contributed by atoms with Crippen LogP contribution in [0.2, 0.25) is 5.02 Å². The lowest BCUT2D eigenvalue weighted by atomic mass is 10.1. The minimum Gasteiger partial charge on any atom is -0.497 e. The highest BCUT2D eigenvalue weighted by Crippen LogP contribution is 2.35. The zero-order chi connectivity index (χ0) is 22.2. The van der Waals surface area contributed by atoms with Crippen LogP contribution in [-0.4, -0.2) is 53.0 Å². The lowest BCUT2D eigenvalue weighted by Gasteiger charge is -2.36. The highest BCUT2D eigenvalue weighted by atomic mass is 35.5. The molecule has 0 atom stereocenters. The number of methoxy groups -OCH3 is 1. The molecule has 1 aliphatic rings. The summed E-state index contributed by atoms with van der Waals surface area (Å²) in [6.07, 6.45) is 0. The molecule has 0 amide bonds. The van der Waals surface area contributed by atoms with Crippen molar-refractivity contribution in [2.24, 2.45) is 7.05 Å². The third-order valence-corrected chi connectivity index (χ3v) is 6.17. The minimum atomic E-state index is 0.518. The maximum absolute atomic E-state index is 6.51. The molecule has 5 rings (SSSR count). The number of anilines is 3. The van der Waals surface area contributed by atoms with E-state index in [9.17, 15) is 0 Å². The Hall–Kier alpha value is -3.52. The number of hydrogen-bond donors (Lipinski definition) is 1. The number of nitrogen functional groups attached to an aromatic ring is 1. The van der Waals surface area contributed by atoms with Gasteiger partial charge in [-0.15, -0.1) is 0 Å². The first-order chi connectivity index (χ1) is 15.5. The molecule has 0 unspecified atom stereocenters. The molecule has 8 nitrogen and oxygen atoms in total. The summed E-state index contributed by atoms with van der Waals surface area (Å²) in [6, 6.07) is 15.8. The normalized spacial score (nSPS) is 14.2. The van der Waals surface area contributed by atoms with Crippen molar-refractivity contribution >= 4 is 40.1 Å². The summed E-state index contributed by atoms with van der Waals surface area (Å²) >= 11 is 6.51. The lowest BCUT2D eigenvalue weighted by Crippen LogP contribution is -2.47. The van der Waals surface area contributed by atoms with E-state index in [2.05, 4.69) is 27.0 Å². The Bertz CT molecular complexity index is 1280. The van der Waals surface area contributed by atoms with Crippen LogP contribution >= 0.6 is 11.6 Å². The number of halogens is 1. The highest BCUT2D eigenvalue weighted by molar-refractivity contribution is 6.33. The standard InChI is InChI=1S/C23H24ClN7O/c1-29-21(25)19-20(17-8-3-4-9-18(17)24)26-23(27-22(19)28-29)31-12-10-30(11-13-31)15-6-5-7-16(14-15)32-2/h3-9,14H,10-13,25H2,1-2H3. The van der Waals surface area contributed by atoms with Gasteiger partial charge in [0.2, 0.25) is 5.95 Å². The lowest BCUT2D eigenvalue weighted by molar-refractivity contribution is 0.414. The Morgan fingerprint density at radius 2 is 1.72 bits per heavy atom. The summed E-state index contributed by atoms with van der Waals surface area (Å²) in [7, 11) is 3.49. The van der Waals surface area contributed by atoms with Crippen molar-refractivity contribution in [1.29, 1.82) is 0 Å². The van der Waals surface area contributed by atoms with E-state index >= 15 is 0 Å². The largest absolute Gasteiger partial charge is 0.497 e. The van der Waals surface area contributed by atoms with Crippen LogP contribution in [0.15, 0.2) is 48.5 Å². The number of nitrogens with zero attached hydrogens (tertiary/aromatic N) is 6. The number of benzene rings is 2. The van der Waals surface area contributed by atoms with Gasteiger partial charge >= 0.3 is 0 Å². The molecule has 9 heteroatoms. The van der Waals surface area contributed by atoms with E-state index in [4.69, 9.17) is 32.0 Å². The second-order valence-corrected chi connectivity index (χ2v) is 8.14. The summed E-state index contributed by atoms with van der Waals surface area (Å²) in [5.41, 5.74) is 9.55. The van der Waals surface area contributed by atoms with Gasteiger partial charge in [0.25, 0.3) is 0 Å². The van der Waals surface area contributed by atoms with Gasteiger partial charge in [-0.3, -0.25) is 4.68 Å². The van der Waals surface area contributed by atoms with Crippen LogP contribution in [-0.2, 0) is 7.05 Å². The maximum atomic E-state index is 6.51. The molecule has 0 radical (unpaired) electrons. The Morgan fingerprint density at radius 1 is 0.969 bits per heavy atom. The van der Waals surface area contributed by atoms with Gasteiger partial charge in [-0.1, -0.05) is 35.9 Å². The predicted molar refractivity (Wildman–Crippen MR) is 129 cm³/mol. The van der Waals surface area contributed by atoms with Gasteiger partial charge in [0, 0.05) is 55.6 Å². The number of rotatable bonds is 4. The zero-order valence-corrected chi connectivity index (χ0v) is 18.8. The maximum Gasteiger partial charge on any atom is 0.228 e. The molecule has 0 aliphatic carbocycles. The summed E-state index contributed by atoms with van der Waals surface area (Å²) in [5, 5.41) is 5.85. The highest BCUT2D eigenvalue weighted by Gasteiger charge is 2.24. The molecule has 0 spiro atoms. The van der Waals surface area contributed by atoms with E-state index in [1.807, 2.05) is 36.4 Å². The van der Waals surface area contributed by atoms with Crippen molar-refractivity contribution < 1.29 is 4.74 Å². The number of piperazine rings is 1. The quantitative estimate of drug-likeness (QED) is 0.509. The Morgan fingerprint density at radius 3 is 2.47 bits per heavy atom. The van der Waals surface area contributed by atoms with Crippen molar-refractivity contribution in [1.82, 2.24) is 19.7 Å². The predicted octanol–water partition coefficient (Wildman–Crippen LogP) is 3.60. The number of nitrogens with two attached hydrogens (primary N) is 1. The summed E-state index contributed by atoms with van der Waals surface area (Å²) in [5.74, 6) is 2.01. The molecular weight excluding hydrogens is 426 g/mol. The molecule has 0 bridgehead atoms. The minimum absolute atomic E-state index is 0.518. The molecule has 3 heterocycles. The van der Waals surface area contributed by atoms with Crippen LogP contribution in [0.4, 0.5) is 17.5 Å². The third kappa shape index (κ3) is 3.56. The first-order valence-corrected chi connectivity index (χ1v) is 10.8. The van der Waals surface area contributed by atoms with Crippen LogP contribution in [0.5, 0.6) is 5.75 Å². The third-order valence-electron chi connectivity index (χ3n) is 5.84. The number of fused-ring (bicyclic) bond motifs is 1. The Balaban J connectivity index is 1.48. The SMILES string of the molecule is COc1cccc(N2CCN(c3nc(-c4ccccc4Cl)c4c(N)n(C)nc4n3)CC2)c1. The Kier molecular flexibility index (Phi) is 5.22. The van der Waals surface area contributed by atoms with Crippen molar-refractivity contribution in [2.75, 3.05) is 48.8 Å². The van der Waals surface area contributed by atoms with Crippen LogP contribution in [0, 0.1) is 0 Å². The van der Waals surface area contributed by atoms with Gasteiger partial charge in [0.1, 0.15) is 11.6 Å². The van der Waals surface area contributed by atoms with E-state index in [0.29, 0.717) is 28.1 Å². The van der Waals surface area contributed by atoms with Crippen molar-refractivity contribution in [3.63, 3.8) is 0 Å². The number of hydrogen-bond acceptors (Lipinski definition) is 7. The average molecular weight is 450 g/mol. The number of aryl methyl sites for hydroxylation is 1. The molecule has 1 fully saturated rings. The van der Waals surface area contributed by atoms with Crippen LogP contribution in [0.25, 0.3) is 22.3 Å². The van der Waals surface area contributed by atoms with E-state index in [1.165, 1.54) is 0 Å². The number of aromatic nitrogens is 4. The van der Waals surface area contributed by atoms with Crippen LogP contribution < -0.4 is 20.3 Å². The molecular formula is C23H24ClN7O. The van der Waals surface area contributed by atoms with Crippen LogP contribution in [0.1, 0.15) is 0 Å². The fourth-order valence-corrected chi connectivity index (χ4v) is 4.29. The monoisotopic (exact) mass is 449 g/mol. The molecule has 0 saturated carbocycles. The topological polar surface area (TPSA) is 85.3 Å². The van der Waals surface area contributed by atoms with Crippen LogP contribution in [0.3, 0.4) is 0 Å². The summed E-state index contributed by atoms with van der Waals surface area (Å²) < 4.78 is 7.00. The van der Waals surface area contributed by atoms with Gasteiger partial charge in [0.05, 0.1) is 18.2 Å². The Labute approximate surface area is 191 Å². The van der Waals surface area contributed by atoms with Crippen molar-refractivity contribution in [3.05, 3.63) is 53.6 Å². The fourth-order valence-electron chi connectivity index (χ4n) is 4.06. The summed E-state index contributed by atoms with van der Waals surface area (Å²) in [6.45, 7) is 3.26. The molecule has 2 aromatic carbocycles. The molecule has 2 aromatic heterocycles. The second-order valence-electron chi connectivity index (χ2n) is 7.74. The first-order valence-electron chi connectivity index (χ1n) is 10.4. The van der Waals surface area contributed by atoms with E-state index in [1.54, 1.807) is 18.8 Å². The molecule has 4 aromatic rings. The first kappa shape index (κ1) is 20.4. The van der Waals surface area contributed by atoms with Gasteiger partial charge < -0.3 is 20.3 Å². The van der Waals surface area contributed by atoms with E-state index < -0.39 is 0 Å². The van der Waals surface area contributed by atoms with Gasteiger partial charge in [0.15, 0.2) is 5.65 Å². The molecule has 32 heavy (non-hydrogen) atoms. The van der Waals surface area contributed by atoms with E-state index in [0.717, 1.165) is 48.6 Å². The van der Waals surface area contributed by atoms with Gasteiger partial charge in [-0.2, -0.15) is 10.1 Å². The molecule has 1 aliphatic heterocycles. The van der Waals surface area contributed by atoms with Gasteiger partial charge in [-0.25, -0.2) is 4.98 Å². The average Bonchev–Trinajstić information content (AvgIpc) is 3.12. The van der Waals surface area contributed by atoms with Crippen molar-refractivity contribution in [3.8, 4) is 17.0 Å². The number of ether oxygens (including phenoxy) is 1. The van der Waals surface area contributed by atoms with Crippen molar-refractivity contribution in [2.45, 2.75) is 0 Å².